The van der Waals surface area contributed by atoms with E-state index in [1.807, 2.05) is 13.0 Å². The van der Waals surface area contributed by atoms with Gasteiger partial charge in [0.25, 0.3) is 0 Å². The lowest BCUT2D eigenvalue weighted by Gasteiger charge is -2.27. The predicted molar refractivity (Wildman–Crippen MR) is 109 cm³/mol. The average molecular weight is 384 g/mol. The molecule has 4 rings (SSSR count). The highest BCUT2D eigenvalue weighted by Crippen LogP contribution is 2.26. The van der Waals surface area contributed by atoms with Crippen molar-refractivity contribution < 1.29 is 5.32 Å². The lowest BCUT2D eigenvalue weighted by Crippen LogP contribution is -2.89. The second-order valence-corrected chi connectivity index (χ2v) is 7.59. The average Bonchev–Trinajstić information content (AvgIpc) is 2.97. The van der Waals surface area contributed by atoms with Crippen molar-refractivity contribution in [3.63, 3.8) is 0 Å². The van der Waals surface area contributed by atoms with Gasteiger partial charge >= 0.3 is 4.87 Å². The summed E-state index contributed by atoms with van der Waals surface area (Å²) < 4.78 is 1.65. The number of thiazole rings is 1. The van der Waals surface area contributed by atoms with Crippen molar-refractivity contribution >= 4 is 28.7 Å². The Balaban J connectivity index is 1.53. The van der Waals surface area contributed by atoms with Gasteiger partial charge in [0.2, 0.25) is 5.95 Å². The molecular formula is C19H23N6OS+. The summed E-state index contributed by atoms with van der Waals surface area (Å²) >= 11 is 1.21. The maximum Gasteiger partial charge on any atom is 0.307 e. The smallest absolute Gasteiger partial charge is 0.307 e. The van der Waals surface area contributed by atoms with Crippen molar-refractivity contribution in [1.29, 1.82) is 0 Å². The highest BCUT2D eigenvalue weighted by Gasteiger charge is 2.14. The minimum Gasteiger partial charge on any atom is -0.360 e. The van der Waals surface area contributed by atoms with Crippen LogP contribution in [-0.4, -0.2) is 40.7 Å². The summed E-state index contributed by atoms with van der Waals surface area (Å²) in [4.78, 5) is 24.1. The van der Waals surface area contributed by atoms with Crippen molar-refractivity contribution in [3.05, 3.63) is 51.9 Å². The number of nitrogens with one attached hydrogen (secondary N) is 1. The first-order valence-electron chi connectivity index (χ1n) is 9.05. The summed E-state index contributed by atoms with van der Waals surface area (Å²) in [5.74, 6) is 0.524. The fraction of sp³-hybridized carbons (Fsp3) is 0.316. The number of benzene rings is 1. The van der Waals surface area contributed by atoms with Crippen LogP contribution in [0.3, 0.4) is 0 Å². The van der Waals surface area contributed by atoms with Gasteiger partial charge in [-0.1, -0.05) is 11.3 Å². The van der Waals surface area contributed by atoms with Crippen LogP contribution in [0.25, 0.3) is 10.6 Å². The number of nitrogens with zero attached hydrogens (tertiary/aromatic N) is 4. The van der Waals surface area contributed by atoms with Crippen LogP contribution in [0, 0.1) is 6.92 Å². The number of piperazine rings is 1. The molecule has 1 saturated heterocycles. The van der Waals surface area contributed by atoms with E-state index < -0.39 is 0 Å². The maximum atomic E-state index is 11.9. The van der Waals surface area contributed by atoms with Crippen LogP contribution in [-0.2, 0) is 7.05 Å². The normalized spacial score (nSPS) is 14.4. The molecule has 0 amide bonds. The highest BCUT2D eigenvalue weighted by atomic mass is 32.1. The monoisotopic (exact) mass is 383 g/mol. The predicted octanol–water partition coefficient (Wildman–Crippen LogP) is 1.34. The van der Waals surface area contributed by atoms with Gasteiger partial charge in [-0.25, -0.2) is 9.97 Å². The zero-order valence-electron chi connectivity index (χ0n) is 15.5. The van der Waals surface area contributed by atoms with E-state index in [0.717, 1.165) is 48.1 Å². The van der Waals surface area contributed by atoms with Crippen molar-refractivity contribution in [1.82, 2.24) is 14.5 Å². The third-order valence-electron chi connectivity index (χ3n) is 4.88. The summed E-state index contributed by atoms with van der Waals surface area (Å²) in [6.45, 7) is 6.38. The summed E-state index contributed by atoms with van der Waals surface area (Å²) in [7, 11) is 1.78. The fourth-order valence-electron chi connectivity index (χ4n) is 3.20. The van der Waals surface area contributed by atoms with Gasteiger partial charge in [-0.2, -0.15) is 0 Å². The van der Waals surface area contributed by atoms with Crippen molar-refractivity contribution in [2.45, 2.75) is 6.92 Å². The molecule has 1 fully saturated rings. The standard InChI is InChI=1S/C19H22N6OS/c1-13-17(27-19(26)24(13)2)16-7-8-21-18(23-16)22-14-3-5-15(6-4-14)25-11-9-20-10-12-25/h3-8,20H,9-12H2,1-2H3,(H,21,22,23)/p+1. The van der Waals surface area contributed by atoms with Gasteiger partial charge in [-0.05, 0) is 37.3 Å². The molecule has 0 atom stereocenters. The van der Waals surface area contributed by atoms with Crippen LogP contribution < -0.4 is 20.4 Å². The second-order valence-electron chi connectivity index (χ2n) is 6.63. The van der Waals surface area contributed by atoms with Gasteiger partial charge in [0.05, 0.1) is 36.8 Å². The van der Waals surface area contributed by atoms with Crippen molar-refractivity contribution in [2.24, 2.45) is 7.05 Å². The molecule has 0 unspecified atom stereocenters. The van der Waals surface area contributed by atoms with E-state index >= 15 is 0 Å². The Morgan fingerprint density at radius 2 is 1.89 bits per heavy atom. The molecule has 3 heterocycles. The van der Waals surface area contributed by atoms with Gasteiger partial charge in [-0.15, -0.1) is 0 Å². The minimum absolute atomic E-state index is 0.0153. The molecule has 0 spiro atoms. The molecule has 8 heteroatoms. The number of rotatable bonds is 4. The Labute approximate surface area is 161 Å². The van der Waals surface area contributed by atoms with Crippen LogP contribution in [0.1, 0.15) is 5.69 Å². The molecule has 7 nitrogen and oxygen atoms in total. The lowest BCUT2D eigenvalue weighted by molar-refractivity contribution is -0.655. The molecule has 0 bridgehead atoms. The van der Waals surface area contributed by atoms with Crippen molar-refractivity contribution in [3.8, 4) is 10.6 Å². The van der Waals surface area contributed by atoms with Gasteiger partial charge < -0.3 is 20.1 Å². The Bertz CT molecular complexity index is 988. The summed E-state index contributed by atoms with van der Waals surface area (Å²) in [6.07, 6.45) is 1.72. The van der Waals surface area contributed by atoms with Gasteiger partial charge in [0, 0.05) is 30.3 Å². The summed E-state index contributed by atoms with van der Waals surface area (Å²) in [5.41, 5.74) is 3.86. The van der Waals surface area contributed by atoms with Crippen molar-refractivity contribution in [2.75, 3.05) is 36.4 Å². The second kappa shape index (κ2) is 7.50. The van der Waals surface area contributed by atoms with E-state index in [0.29, 0.717) is 5.95 Å². The topological polar surface area (TPSA) is 79.7 Å². The number of nitrogens with two attached hydrogens (primary N) is 1. The van der Waals surface area contributed by atoms with Gasteiger partial charge in [-0.3, -0.25) is 4.79 Å². The number of aromatic nitrogens is 3. The van der Waals surface area contributed by atoms with Gasteiger partial charge in [0.1, 0.15) is 0 Å². The SMILES string of the molecule is Cc1c(-c2ccnc(Nc3ccc(N4CC[NH2+]CC4)cc3)n2)sc(=O)n1C. The van der Waals surface area contributed by atoms with E-state index in [1.165, 1.54) is 17.0 Å². The molecule has 0 radical (unpaired) electrons. The number of hydrogen-bond donors (Lipinski definition) is 2. The van der Waals surface area contributed by atoms with E-state index in [-0.39, 0.29) is 4.87 Å². The molecule has 1 aliphatic rings. The number of quaternary nitrogens is 1. The lowest BCUT2D eigenvalue weighted by atomic mass is 10.2. The van der Waals surface area contributed by atoms with Crippen LogP contribution in [0.5, 0.6) is 0 Å². The van der Waals surface area contributed by atoms with E-state index in [9.17, 15) is 4.79 Å². The first-order valence-corrected chi connectivity index (χ1v) is 9.87. The summed E-state index contributed by atoms with van der Waals surface area (Å²) in [6, 6.07) is 10.2. The number of hydrogen-bond acceptors (Lipinski definition) is 6. The zero-order valence-corrected chi connectivity index (χ0v) is 16.3. The van der Waals surface area contributed by atoms with E-state index in [4.69, 9.17) is 0 Å². The Morgan fingerprint density at radius 3 is 2.56 bits per heavy atom. The molecule has 2 aromatic heterocycles. The first kappa shape index (κ1) is 17.7. The zero-order chi connectivity index (χ0) is 18.8. The minimum atomic E-state index is 0.0153. The molecule has 1 aliphatic heterocycles. The third kappa shape index (κ3) is 3.72. The number of anilines is 3. The molecule has 0 aliphatic carbocycles. The van der Waals surface area contributed by atoms with Crippen LogP contribution in [0.2, 0.25) is 0 Å². The molecular weight excluding hydrogens is 360 g/mol. The molecule has 3 N–H and O–H groups in total. The third-order valence-corrected chi connectivity index (χ3v) is 6.04. The van der Waals surface area contributed by atoms with Gasteiger partial charge in [0.15, 0.2) is 0 Å². The Morgan fingerprint density at radius 1 is 1.15 bits per heavy atom. The van der Waals surface area contributed by atoms with E-state index in [2.05, 4.69) is 49.8 Å². The summed E-state index contributed by atoms with van der Waals surface area (Å²) in [5, 5.41) is 5.61. The molecule has 0 saturated carbocycles. The van der Waals surface area contributed by atoms with Crippen LogP contribution in [0.15, 0.2) is 41.3 Å². The van der Waals surface area contributed by atoms with Crippen LogP contribution >= 0.6 is 11.3 Å². The molecule has 3 aromatic rings. The quantitative estimate of drug-likeness (QED) is 0.711. The largest absolute Gasteiger partial charge is 0.360 e. The maximum absolute atomic E-state index is 11.9. The molecule has 27 heavy (non-hydrogen) atoms. The van der Waals surface area contributed by atoms with Crippen LogP contribution in [0.4, 0.5) is 17.3 Å². The molecule has 1 aromatic carbocycles. The first-order chi connectivity index (χ1) is 13.1. The Kier molecular flexibility index (Phi) is 4.91. The molecule has 140 valence electrons. The Hall–Kier alpha value is -2.71. The fourth-order valence-corrected chi connectivity index (χ4v) is 4.15. The highest BCUT2D eigenvalue weighted by molar-refractivity contribution is 7.13. The van der Waals surface area contributed by atoms with E-state index in [1.54, 1.807) is 17.8 Å².